The number of nitrogens with one attached hydrogen (secondary N) is 1. The topological polar surface area (TPSA) is 77.2 Å². The fraction of sp³-hybridized carbons (Fsp3) is 0.400. The summed E-state index contributed by atoms with van der Waals surface area (Å²) in [4.78, 5) is 15.5. The fourth-order valence-corrected chi connectivity index (χ4v) is 1.28. The van der Waals surface area contributed by atoms with E-state index in [1.165, 1.54) is 12.4 Å². The van der Waals surface area contributed by atoms with Crippen LogP contribution in [0.3, 0.4) is 0 Å². The van der Waals surface area contributed by atoms with Crippen LogP contribution in [-0.2, 0) is 0 Å². The number of nitrogen functional groups attached to an aromatic ring is 1. The lowest BCUT2D eigenvalue weighted by molar-refractivity contribution is 0.0959. The van der Waals surface area contributed by atoms with Gasteiger partial charge in [0.15, 0.2) is 5.75 Å². The van der Waals surface area contributed by atoms with Crippen LogP contribution in [0.1, 0.15) is 23.2 Å². The second-order valence-corrected chi connectivity index (χ2v) is 3.50. The zero-order chi connectivity index (χ0) is 10.8. The lowest BCUT2D eigenvalue weighted by Crippen LogP contribution is -2.21. The highest BCUT2D eigenvalue weighted by atomic mass is 16.5. The second kappa shape index (κ2) is 3.76. The van der Waals surface area contributed by atoms with Crippen LogP contribution in [0.2, 0.25) is 0 Å². The highest BCUT2D eigenvalue weighted by molar-refractivity contribution is 6.01. The van der Waals surface area contributed by atoms with Crippen LogP contribution < -0.4 is 15.8 Å². The molecule has 5 heteroatoms. The van der Waals surface area contributed by atoms with Crippen molar-refractivity contribution in [2.24, 2.45) is 0 Å². The fourth-order valence-electron chi connectivity index (χ4n) is 1.28. The van der Waals surface area contributed by atoms with E-state index < -0.39 is 0 Å². The first-order valence-corrected chi connectivity index (χ1v) is 4.84. The van der Waals surface area contributed by atoms with Gasteiger partial charge in [0.1, 0.15) is 5.56 Å². The van der Waals surface area contributed by atoms with Gasteiger partial charge in [0, 0.05) is 7.05 Å². The summed E-state index contributed by atoms with van der Waals surface area (Å²) in [5.74, 6) is 0.224. The average molecular weight is 207 g/mol. The molecule has 0 aromatic carbocycles. The molecule has 5 nitrogen and oxygen atoms in total. The lowest BCUT2D eigenvalue weighted by Gasteiger charge is -2.10. The third-order valence-corrected chi connectivity index (χ3v) is 2.21. The molecule has 1 aromatic rings. The van der Waals surface area contributed by atoms with Crippen molar-refractivity contribution in [3.05, 3.63) is 18.0 Å². The van der Waals surface area contributed by atoms with Gasteiger partial charge in [-0.05, 0) is 12.8 Å². The molecule has 2 rings (SSSR count). The number of carbonyl (C=O) groups is 1. The first-order chi connectivity index (χ1) is 7.22. The third-order valence-electron chi connectivity index (χ3n) is 2.21. The van der Waals surface area contributed by atoms with Crippen LogP contribution >= 0.6 is 0 Å². The van der Waals surface area contributed by atoms with E-state index in [-0.39, 0.29) is 12.0 Å². The zero-order valence-corrected chi connectivity index (χ0v) is 8.49. The molecule has 15 heavy (non-hydrogen) atoms. The van der Waals surface area contributed by atoms with Crippen molar-refractivity contribution in [1.82, 2.24) is 10.3 Å². The Morgan fingerprint density at radius 2 is 2.33 bits per heavy atom. The highest BCUT2D eigenvalue weighted by Crippen LogP contribution is 2.30. The van der Waals surface area contributed by atoms with Crippen LogP contribution in [0.15, 0.2) is 12.4 Å². The van der Waals surface area contributed by atoms with Gasteiger partial charge in [-0.2, -0.15) is 0 Å². The van der Waals surface area contributed by atoms with Crippen LogP contribution in [-0.4, -0.2) is 24.0 Å². The molecule has 1 aliphatic carbocycles. The second-order valence-electron chi connectivity index (χ2n) is 3.50. The normalized spacial score (nSPS) is 14.7. The SMILES string of the molecule is CNC(=O)c1c(N)cncc1OC1CC1. The number of amides is 1. The van der Waals surface area contributed by atoms with E-state index in [0.717, 1.165) is 12.8 Å². The van der Waals surface area contributed by atoms with Crippen molar-refractivity contribution in [2.75, 3.05) is 12.8 Å². The molecule has 0 saturated heterocycles. The Morgan fingerprint density at radius 3 is 2.93 bits per heavy atom. The zero-order valence-electron chi connectivity index (χ0n) is 8.49. The Morgan fingerprint density at radius 1 is 1.60 bits per heavy atom. The Bertz CT molecular complexity index is 388. The molecular formula is C10H13N3O2. The highest BCUT2D eigenvalue weighted by Gasteiger charge is 2.26. The summed E-state index contributed by atoms with van der Waals surface area (Å²) in [5, 5.41) is 2.53. The molecule has 0 aliphatic heterocycles. The summed E-state index contributed by atoms with van der Waals surface area (Å²) in [6.07, 6.45) is 5.25. The van der Waals surface area contributed by atoms with Crippen molar-refractivity contribution >= 4 is 11.6 Å². The Labute approximate surface area is 87.6 Å². The number of hydrogen-bond donors (Lipinski definition) is 2. The van der Waals surface area contributed by atoms with Gasteiger partial charge < -0.3 is 15.8 Å². The molecular weight excluding hydrogens is 194 g/mol. The summed E-state index contributed by atoms with van der Waals surface area (Å²) in [5.41, 5.74) is 6.41. The minimum atomic E-state index is -0.245. The van der Waals surface area contributed by atoms with Gasteiger partial charge in [-0.15, -0.1) is 0 Å². The maximum Gasteiger partial charge on any atom is 0.257 e. The molecule has 0 unspecified atom stereocenters. The van der Waals surface area contributed by atoms with Gasteiger partial charge in [-0.3, -0.25) is 9.78 Å². The predicted molar refractivity (Wildman–Crippen MR) is 55.7 cm³/mol. The molecule has 1 fully saturated rings. The number of rotatable bonds is 3. The van der Waals surface area contributed by atoms with Crippen LogP contribution in [0, 0.1) is 0 Å². The number of anilines is 1. The first-order valence-electron chi connectivity index (χ1n) is 4.84. The Hall–Kier alpha value is -1.78. The summed E-state index contributed by atoms with van der Waals surface area (Å²) in [7, 11) is 1.56. The van der Waals surface area contributed by atoms with E-state index in [1.807, 2.05) is 0 Å². The van der Waals surface area contributed by atoms with Crippen molar-refractivity contribution in [1.29, 1.82) is 0 Å². The molecule has 0 radical (unpaired) electrons. The number of nitrogens with two attached hydrogens (primary N) is 1. The van der Waals surface area contributed by atoms with Crippen molar-refractivity contribution < 1.29 is 9.53 Å². The van der Waals surface area contributed by atoms with Crippen LogP contribution in [0.4, 0.5) is 5.69 Å². The summed E-state index contributed by atoms with van der Waals surface area (Å²) < 4.78 is 5.56. The number of hydrogen-bond acceptors (Lipinski definition) is 4. The number of pyridine rings is 1. The maximum absolute atomic E-state index is 11.6. The predicted octanol–water partition coefficient (Wildman–Crippen LogP) is 0.565. The van der Waals surface area contributed by atoms with E-state index >= 15 is 0 Å². The van der Waals surface area contributed by atoms with Gasteiger partial charge in [0.25, 0.3) is 5.91 Å². The summed E-state index contributed by atoms with van der Waals surface area (Å²) >= 11 is 0. The van der Waals surface area contributed by atoms with E-state index in [0.29, 0.717) is 17.0 Å². The Balaban J connectivity index is 2.33. The van der Waals surface area contributed by atoms with E-state index in [9.17, 15) is 4.79 Å². The van der Waals surface area contributed by atoms with E-state index in [2.05, 4.69) is 10.3 Å². The van der Waals surface area contributed by atoms with E-state index in [1.54, 1.807) is 7.05 Å². The average Bonchev–Trinajstić information content (AvgIpc) is 3.01. The minimum Gasteiger partial charge on any atom is -0.488 e. The first kappa shape index (κ1) is 9.76. The third kappa shape index (κ3) is 2.01. The molecule has 0 bridgehead atoms. The smallest absolute Gasteiger partial charge is 0.257 e. The number of aromatic nitrogens is 1. The molecule has 1 amide bonds. The van der Waals surface area contributed by atoms with Gasteiger partial charge in [-0.1, -0.05) is 0 Å². The van der Waals surface area contributed by atoms with Gasteiger partial charge >= 0.3 is 0 Å². The standard InChI is InChI=1S/C10H13N3O2/c1-12-10(14)9-7(11)4-13-5-8(9)15-6-2-3-6/h4-6H,2-3,11H2,1H3,(H,12,14). The quantitative estimate of drug-likeness (QED) is 0.759. The van der Waals surface area contributed by atoms with Gasteiger partial charge in [-0.25, -0.2) is 0 Å². The van der Waals surface area contributed by atoms with Crippen LogP contribution in [0.25, 0.3) is 0 Å². The molecule has 0 spiro atoms. The molecule has 0 atom stereocenters. The number of nitrogens with zero attached hydrogens (tertiary/aromatic N) is 1. The van der Waals surface area contributed by atoms with E-state index in [4.69, 9.17) is 10.5 Å². The molecule has 3 N–H and O–H groups in total. The van der Waals surface area contributed by atoms with Crippen molar-refractivity contribution in [2.45, 2.75) is 18.9 Å². The van der Waals surface area contributed by atoms with Crippen LogP contribution in [0.5, 0.6) is 5.75 Å². The molecule has 1 aromatic heterocycles. The maximum atomic E-state index is 11.6. The molecule has 1 heterocycles. The number of ether oxygens (including phenoxy) is 1. The minimum absolute atomic E-state index is 0.219. The molecule has 1 saturated carbocycles. The molecule has 80 valence electrons. The largest absolute Gasteiger partial charge is 0.488 e. The lowest BCUT2D eigenvalue weighted by atomic mass is 10.2. The van der Waals surface area contributed by atoms with Gasteiger partial charge in [0.05, 0.1) is 24.2 Å². The van der Waals surface area contributed by atoms with Gasteiger partial charge in [0.2, 0.25) is 0 Å². The van der Waals surface area contributed by atoms with Crippen molar-refractivity contribution in [3.63, 3.8) is 0 Å². The monoisotopic (exact) mass is 207 g/mol. The van der Waals surface area contributed by atoms with Crippen molar-refractivity contribution in [3.8, 4) is 5.75 Å². The summed E-state index contributed by atoms with van der Waals surface area (Å²) in [6, 6.07) is 0. The Kier molecular flexibility index (Phi) is 2.45. The molecule has 1 aliphatic rings. The summed E-state index contributed by atoms with van der Waals surface area (Å²) in [6.45, 7) is 0. The number of carbonyl (C=O) groups excluding carboxylic acids is 1.